The highest BCUT2D eigenvalue weighted by molar-refractivity contribution is 7.80. The van der Waals surface area contributed by atoms with Crippen LogP contribution in [0.4, 0.5) is 0 Å². The molecule has 1 aliphatic rings. The molecule has 3 heterocycles. The highest BCUT2D eigenvalue weighted by Crippen LogP contribution is 2.41. The number of carbonyl (C=O) groups excluding carboxylic acids is 1. The summed E-state index contributed by atoms with van der Waals surface area (Å²) in [5, 5.41) is 4.21. The molecular formula is C24H26N4O2S. The smallest absolute Gasteiger partial charge is 0.337 e. The summed E-state index contributed by atoms with van der Waals surface area (Å²) in [7, 11) is 1.40. The maximum Gasteiger partial charge on any atom is 0.337 e. The van der Waals surface area contributed by atoms with Crippen LogP contribution in [0.2, 0.25) is 0 Å². The van der Waals surface area contributed by atoms with E-state index in [2.05, 4.69) is 46.6 Å². The van der Waals surface area contributed by atoms with Crippen molar-refractivity contribution in [2.75, 3.05) is 13.7 Å². The number of thiocarbonyl (C=S) groups is 1. The molecule has 1 N–H and O–H groups in total. The molecule has 0 radical (unpaired) electrons. The number of carbonyl (C=O) groups is 1. The van der Waals surface area contributed by atoms with Crippen molar-refractivity contribution in [3.63, 3.8) is 0 Å². The lowest BCUT2D eigenvalue weighted by molar-refractivity contribution is 0.0600. The Labute approximate surface area is 187 Å². The van der Waals surface area contributed by atoms with E-state index >= 15 is 0 Å². The van der Waals surface area contributed by atoms with E-state index < -0.39 is 0 Å². The summed E-state index contributed by atoms with van der Waals surface area (Å²) in [4.78, 5) is 18.8. The third kappa shape index (κ3) is 3.70. The monoisotopic (exact) mass is 434 g/mol. The molecule has 0 aliphatic carbocycles. The van der Waals surface area contributed by atoms with Crippen molar-refractivity contribution >= 4 is 23.3 Å². The second-order valence-corrected chi connectivity index (χ2v) is 8.00. The van der Waals surface area contributed by atoms with Crippen molar-refractivity contribution in [2.24, 2.45) is 0 Å². The normalized spacial score (nSPS) is 18.2. The molecule has 0 spiro atoms. The molecular weight excluding hydrogens is 408 g/mol. The summed E-state index contributed by atoms with van der Waals surface area (Å²) < 4.78 is 7.07. The summed E-state index contributed by atoms with van der Waals surface area (Å²) in [6.45, 7) is 7.09. The Morgan fingerprint density at radius 1 is 1.19 bits per heavy atom. The first kappa shape index (κ1) is 21.1. The highest BCUT2D eigenvalue weighted by Gasteiger charge is 2.40. The van der Waals surface area contributed by atoms with Gasteiger partial charge in [-0.2, -0.15) is 0 Å². The van der Waals surface area contributed by atoms with Crippen LogP contribution in [-0.4, -0.2) is 39.2 Å². The van der Waals surface area contributed by atoms with Crippen LogP contribution in [0.15, 0.2) is 54.7 Å². The molecule has 4 rings (SSSR count). The Morgan fingerprint density at radius 3 is 2.68 bits per heavy atom. The molecule has 7 heteroatoms. The van der Waals surface area contributed by atoms with E-state index in [0.717, 1.165) is 34.4 Å². The Hall–Kier alpha value is -3.19. The van der Waals surface area contributed by atoms with Crippen molar-refractivity contribution < 1.29 is 9.53 Å². The van der Waals surface area contributed by atoms with Gasteiger partial charge in [-0.05, 0) is 75.0 Å². The number of aromatic nitrogens is 2. The zero-order valence-corrected chi connectivity index (χ0v) is 18.9. The van der Waals surface area contributed by atoms with Gasteiger partial charge >= 0.3 is 5.97 Å². The van der Waals surface area contributed by atoms with Crippen LogP contribution < -0.4 is 5.32 Å². The van der Waals surface area contributed by atoms with E-state index in [1.165, 1.54) is 12.7 Å². The predicted octanol–water partition coefficient (Wildman–Crippen LogP) is 4.27. The maximum atomic E-state index is 12.0. The SMILES string of the molecule is CCN1C(=S)N[C@H](c2ccccn2)[C@@H]1c1cc(C)n(-c2cccc(C(=O)OC)c2)c1C. The zero-order chi connectivity index (χ0) is 22.1. The number of aryl methyl sites for hydroxylation is 1. The topological polar surface area (TPSA) is 59.4 Å². The van der Waals surface area contributed by atoms with Crippen molar-refractivity contribution in [3.8, 4) is 5.69 Å². The number of benzene rings is 1. The van der Waals surface area contributed by atoms with Crippen molar-refractivity contribution in [1.29, 1.82) is 0 Å². The molecule has 1 fully saturated rings. The minimum atomic E-state index is -0.345. The lowest BCUT2D eigenvalue weighted by Crippen LogP contribution is -2.29. The fourth-order valence-electron chi connectivity index (χ4n) is 4.46. The molecule has 2 atom stereocenters. The van der Waals surface area contributed by atoms with E-state index in [9.17, 15) is 4.79 Å². The van der Waals surface area contributed by atoms with Crippen LogP contribution >= 0.6 is 12.2 Å². The first-order chi connectivity index (χ1) is 15.0. The average molecular weight is 435 g/mol. The number of pyridine rings is 1. The fraction of sp³-hybridized carbons (Fsp3) is 0.292. The van der Waals surface area contributed by atoms with Crippen LogP contribution in [0.25, 0.3) is 5.69 Å². The van der Waals surface area contributed by atoms with E-state index in [0.29, 0.717) is 5.56 Å². The molecule has 2 aromatic heterocycles. The Kier molecular flexibility index (Phi) is 5.78. The molecule has 0 saturated carbocycles. The third-order valence-electron chi connectivity index (χ3n) is 5.85. The van der Waals surface area contributed by atoms with Gasteiger partial charge in [0.1, 0.15) is 0 Å². The Bertz CT molecular complexity index is 1130. The van der Waals surface area contributed by atoms with Crippen LogP contribution in [0.3, 0.4) is 0 Å². The van der Waals surface area contributed by atoms with Crippen LogP contribution in [0.1, 0.15) is 52.0 Å². The first-order valence-corrected chi connectivity index (χ1v) is 10.7. The first-order valence-electron chi connectivity index (χ1n) is 10.3. The van der Waals surface area contributed by atoms with Gasteiger partial charge in [0.15, 0.2) is 5.11 Å². The van der Waals surface area contributed by atoms with Crippen molar-refractivity contribution in [3.05, 3.63) is 82.9 Å². The second kappa shape index (κ2) is 8.51. The molecule has 0 unspecified atom stereocenters. The minimum Gasteiger partial charge on any atom is -0.465 e. The zero-order valence-electron chi connectivity index (χ0n) is 18.1. The average Bonchev–Trinajstić information content (AvgIpc) is 3.28. The van der Waals surface area contributed by atoms with Crippen molar-refractivity contribution in [1.82, 2.24) is 19.8 Å². The molecule has 1 saturated heterocycles. The Balaban J connectivity index is 1.81. The summed E-state index contributed by atoms with van der Waals surface area (Å²) in [5.74, 6) is -0.345. The number of likely N-dealkylation sites (N-methyl/N-ethyl adjacent to an activating group) is 1. The largest absolute Gasteiger partial charge is 0.465 e. The number of rotatable bonds is 5. The van der Waals surface area contributed by atoms with Gasteiger partial charge < -0.3 is 19.5 Å². The quantitative estimate of drug-likeness (QED) is 0.478. The van der Waals surface area contributed by atoms with Gasteiger partial charge in [0.2, 0.25) is 0 Å². The highest BCUT2D eigenvalue weighted by atomic mass is 32.1. The number of nitrogens with one attached hydrogen (secondary N) is 1. The predicted molar refractivity (Wildman–Crippen MR) is 124 cm³/mol. The van der Waals surface area contributed by atoms with Gasteiger partial charge in [0.05, 0.1) is 30.5 Å². The number of esters is 1. The Morgan fingerprint density at radius 2 is 2.00 bits per heavy atom. The van der Waals surface area contributed by atoms with Gasteiger partial charge in [-0.25, -0.2) is 4.79 Å². The lowest BCUT2D eigenvalue weighted by atomic mass is 9.97. The van der Waals surface area contributed by atoms with Gasteiger partial charge in [-0.1, -0.05) is 12.1 Å². The molecule has 1 aromatic carbocycles. The summed E-state index contributed by atoms with van der Waals surface area (Å²) >= 11 is 5.66. The molecule has 6 nitrogen and oxygen atoms in total. The second-order valence-electron chi connectivity index (χ2n) is 7.62. The fourth-order valence-corrected chi connectivity index (χ4v) is 4.83. The van der Waals surface area contributed by atoms with Crippen LogP contribution in [0, 0.1) is 13.8 Å². The van der Waals surface area contributed by atoms with Crippen LogP contribution in [-0.2, 0) is 4.74 Å². The number of hydrogen-bond donors (Lipinski definition) is 1. The van der Waals surface area contributed by atoms with E-state index in [4.69, 9.17) is 17.0 Å². The van der Waals surface area contributed by atoms with Crippen molar-refractivity contribution in [2.45, 2.75) is 32.9 Å². The molecule has 160 valence electrons. The number of hydrogen-bond acceptors (Lipinski definition) is 4. The van der Waals surface area contributed by atoms with E-state index in [1.807, 2.05) is 42.6 Å². The maximum absolute atomic E-state index is 12.0. The van der Waals surface area contributed by atoms with Gasteiger partial charge in [0, 0.05) is 29.8 Å². The standard InChI is InChI=1S/C24H26N4O2S/c1-5-27-22(21(26-24(27)31)20-11-6-7-12-25-20)19-13-15(2)28(16(19)3)18-10-8-9-17(14-18)23(29)30-4/h6-14,21-22H,5H2,1-4H3,(H,26,31)/t21-,22+/m1/s1. The molecule has 31 heavy (non-hydrogen) atoms. The van der Waals surface area contributed by atoms with E-state index in [1.54, 1.807) is 6.07 Å². The van der Waals surface area contributed by atoms with Gasteiger partial charge in [-0.15, -0.1) is 0 Å². The molecule has 3 aromatic rings. The van der Waals surface area contributed by atoms with Crippen LogP contribution in [0.5, 0.6) is 0 Å². The molecule has 1 aliphatic heterocycles. The van der Waals surface area contributed by atoms with Gasteiger partial charge in [0.25, 0.3) is 0 Å². The minimum absolute atomic E-state index is 0.0242. The summed E-state index contributed by atoms with van der Waals surface area (Å²) in [5.41, 5.74) is 5.79. The summed E-state index contributed by atoms with van der Waals surface area (Å²) in [6.07, 6.45) is 1.81. The molecule has 0 amide bonds. The molecule has 0 bridgehead atoms. The van der Waals surface area contributed by atoms with Gasteiger partial charge in [-0.3, -0.25) is 4.98 Å². The summed E-state index contributed by atoms with van der Waals surface area (Å²) in [6, 6.07) is 15.7. The lowest BCUT2D eigenvalue weighted by Gasteiger charge is -2.27. The van der Waals surface area contributed by atoms with E-state index in [-0.39, 0.29) is 18.1 Å². The number of nitrogens with zero attached hydrogens (tertiary/aromatic N) is 3. The number of ether oxygens (including phenoxy) is 1. The number of methoxy groups -OCH3 is 1. The third-order valence-corrected chi connectivity index (χ3v) is 6.21.